The summed E-state index contributed by atoms with van der Waals surface area (Å²) in [7, 11) is 0. The zero-order chi connectivity index (χ0) is 40.8. The predicted octanol–water partition coefficient (Wildman–Crippen LogP) is 6.85. The number of amides is 1. The summed E-state index contributed by atoms with van der Waals surface area (Å²) in [5.74, 6) is 0.691. The Morgan fingerprint density at radius 2 is 1.79 bits per heavy atom. The topological polar surface area (TPSA) is 119 Å². The number of nitrogens with two attached hydrogens (primary N) is 1. The Morgan fingerprint density at radius 1 is 1.00 bits per heavy atom. The number of nitrogen functional groups attached to an aromatic ring is 1. The summed E-state index contributed by atoms with van der Waals surface area (Å²) in [4.78, 5) is 21.7. The number of nitrogens with one attached hydrogen (secondary N) is 1. The number of carbonyl (C=O) groups excluding carboxylic acids is 1. The Labute approximate surface area is 336 Å². The Kier molecular flexibility index (Phi) is 9.43. The lowest BCUT2D eigenvalue weighted by atomic mass is 9.91. The van der Waals surface area contributed by atoms with Crippen LogP contribution in [0.3, 0.4) is 0 Å². The monoisotopic (exact) mass is 771 g/mol. The molecule has 296 valence electrons. The van der Waals surface area contributed by atoms with Crippen molar-refractivity contribution in [2.45, 2.75) is 56.7 Å². The highest BCUT2D eigenvalue weighted by atomic mass is 19.1. The molecule has 2 unspecified atom stereocenters. The molecule has 2 aromatic heterocycles. The van der Waals surface area contributed by atoms with E-state index in [1.54, 1.807) is 29.2 Å². The number of benzene rings is 3. The van der Waals surface area contributed by atoms with Gasteiger partial charge in [-0.3, -0.25) is 10.1 Å². The Balaban J connectivity index is 0.761. The molecule has 3 saturated heterocycles. The molecule has 0 saturated carbocycles. The fourth-order valence-electron chi connectivity index (χ4n) is 9.22. The van der Waals surface area contributed by atoms with E-state index in [9.17, 15) is 9.90 Å². The van der Waals surface area contributed by atoms with Crippen LogP contribution in [0.5, 0.6) is 5.75 Å². The van der Waals surface area contributed by atoms with Crippen molar-refractivity contribution in [3.8, 4) is 17.0 Å². The van der Waals surface area contributed by atoms with Crippen LogP contribution in [0.4, 0.5) is 21.6 Å². The average molecular weight is 772 g/mol. The molecule has 1 amide bonds. The molecule has 57 heavy (non-hydrogen) atoms. The summed E-state index contributed by atoms with van der Waals surface area (Å²) in [6.07, 6.45) is 9.25. The van der Waals surface area contributed by atoms with Gasteiger partial charge in [0.15, 0.2) is 5.82 Å². The number of likely N-dealkylation sites (tertiary alicyclic amines) is 2. The SMILES string of the molecule is [2H]C1C=CN(c2ccc3c(c2)c(C)cn3C2CCN(CC3(F)CCN(C(=O)c4ccc(C5CCN(c6cc(-c7ccccc7O)nnc6N)C5)cc4)CC3)CC2)[C@@H]([2H])N1. The van der Waals surface area contributed by atoms with E-state index in [1.807, 2.05) is 53.6 Å². The van der Waals surface area contributed by atoms with Crippen LogP contribution in [-0.4, -0.2) is 100 Å². The van der Waals surface area contributed by atoms with Gasteiger partial charge in [0.05, 0.1) is 19.4 Å². The van der Waals surface area contributed by atoms with Gasteiger partial charge in [-0.05, 0) is 85.8 Å². The fraction of sp³-hybridized carbons (Fsp3) is 0.400. The third kappa shape index (κ3) is 7.56. The van der Waals surface area contributed by atoms with E-state index >= 15 is 4.39 Å². The number of alkyl halides is 1. The second kappa shape index (κ2) is 15.5. The molecule has 0 spiro atoms. The van der Waals surface area contributed by atoms with Crippen LogP contribution >= 0.6 is 0 Å². The van der Waals surface area contributed by atoms with E-state index in [1.165, 1.54) is 11.1 Å². The van der Waals surface area contributed by atoms with Crippen LogP contribution < -0.4 is 20.9 Å². The number of phenolic OH excluding ortho intramolecular Hbond substituents is 1. The first-order chi connectivity index (χ1) is 28.5. The number of nitrogens with zero attached hydrogens (tertiary/aromatic N) is 7. The minimum Gasteiger partial charge on any atom is -0.507 e. The third-order valence-electron chi connectivity index (χ3n) is 12.5. The third-order valence-corrected chi connectivity index (χ3v) is 12.5. The maximum absolute atomic E-state index is 16.3. The van der Waals surface area contributed by atoms with Gasteiger partial charge in [0.25, 0.3) is 5.91 Å². The number of anilines is 3. The van der Waals surface area contributed by atoms with Crippen molar-refractivity contribution in [1.29, 1.82) is 0 Å². The smallest absolute Gasteiger partial charge is 0.253 e. The number of para-hydroxylation sites is 1. The number of phenols is 1. The number of piperidine rings is 2. The first kappa shape index (κ1) is 34.8. The summed E-state index contributed by atoms with van der Waals surface area (Å²) in [5.41, 5.74) is 12.0. The van der Waals surface area contributed by atoms with E-state index in [4.69, 9.17) is 8.48 Å². The van der Waals surface area contributed by atoms with Gasteiger partial charge in [-0.1, -0.05) is 30.3 Å². The number of halogens is 1. The number of hydrogen-bond acceptors (Lipinski definition) is 9. The van der Waals surface area contributed by atoms with Crippen molar-refractivity contribution in [2.75, 3.05) is 74.5 Å². The molecule has 0 aliphatic carbocycles. The van der Waals surface area contributed by atoms with Crippen LogP contribution in [0.1, 0.15) is 68.3 Å². The van der Waals surface area contributed by atoms with Crippen LogP contribution in [0, 0.1) is 6.92 Å². The summed E-state index contributed by atoms with van der Waals surface area (Å²) >= 11 is 0. The lowest BCUT2D eigenvalue weighted by Gasteiger charge is -2.41. The van der Waals surface area contributed by atoms with Crippen molar-refractivity contribution in [3.63, 3.8) is 0 Å². The van der Waals surface area contributed by atoms with Gasteiger partial charge in [-0.15, -0.1) is 10.2 Å². The fourth-order valence-corrected chi connectivity index (χ4v) is 9.22. The van der Waals surface area contributed by atoms with E-state index in [2.05, 4.69) is 55.1 Å². The van der Waals surface area contributed by atoms with Gasteiger partial charge in [-0.25, -0.2) is 4.39 Å². The normalized spacial score (nSPS) is 23.5. The van der Waals surface area contributed by atoms with Crippen LogP contribution in [0.25, 0.3) is 22.2 Å². The number of aromatic nitrogens is 3. The lowest BCUT2D eigenvalue weighted by Crippen LogP contribution is -2.51. The molecule has 0 bridgehead atoms. The molecule has 4 N–H and O–H groups in total. The standard InChI is InChI=1S/C45H52FN9O2/c1-31-27-55(40-12-11-36(25-38(31)40)54-19-4-18-48-30-54)35-14-20-51(21-15-35)29-45(46)16-23-52(24-17-45)44(57)33-9-7-32(8-10-33)34-13-22-53(28-34)41-26-39(49-50-43(41)47)37-5-2-3-6-42(37)56/h2-12,19,25-27,34-35,48,56H,13-18,20-24,28-30H2,1H3,(H2,47,50)/i18D,30D/t18?,30-,34?/m0/s1. The van der Waals surface area contributed by atoms with Gasteiger partial charge >= 0.3 is 0 Å². The molecular formula is C45H52FN9O2. The molecule has 3 aromatic carbocycles. The summed E-state index contributed by atoms with van der Waals surface area (Å²) in [6, 6.07) is 23.5. The second-order valence-electron chi connectivity index (χ2n) is 16.2. The van der Waals surface area contributed by atoms with Crippen molar-refractivity contribution in [1.82, 2.24) is 29.9 Å². The Bertz CT molecular complexity index is 2360. The van der Waals surface area contributed by atoms with E-state index in [0.717, 1.165) is 67.8 Å². The number of rotatable bonds is 8. The molecule has 4 aliphatic rings. The molecule has 6 heterocycles. The maximum atomic E-state index is 16.3. The zero-order valence-electron chi connectivity index (χ0n) is 34.4. The van der Waals surface area contributed by atoms with Crippen LogP contribution in [0.15, 0.2) is 91.3 Å². The Hall–Kier alpha value is -5.46. The van der Waals surface area contributed by atoms with E-state index in [0.29, 0.717) is 61.2 Å². The number of aryl methyl sites for hydroxylation is 1. The highest BCUT2D eigenvalue weighted by molar-refractivity contribution is 5.94. The van der Waals surface area contributed by atoms with E-state index < -0.39 is 18.8 Å². The minimum atomic E-state index is -1.32. The minimum absolute atomic E-state index is 0.0498. The van der Waals surface area contributed by atoms with Gasteiger partial charge in [0.2, 0.25) is 0 Å². The number of fused-ring (bicyclic) bond motifs is 1. The van der Waals surface area contributed by atoms with Crippen molar-refractivity contribution >= 4 is 34.0 Å². The number of aromatic hydroxyl groups is 1. The van der Waals surface area contributed by atoms with Crippen molar-refractivity contribution in [2.24, 2.45) is 0 Å². The van der Waals surface area contributed by atoms with Crippen LogP contribution in [0.2, 0.25) is 0 Å². The molecule has 9 rings (SSSR count). The molecule has 5 aromatic rings. The zero-order valence-corrected chi connectivity index (χ0v) is 32.4. The molecule has 0 radical (unpaired) electrons. The Morgan fingerprint density at radius 3 is 2.56 bits per heavy atom. The van der Waals surface area contributed by atoms with Crippen molar-refractivity contribution in [3.05, 3.63) is 108 Å². The first-order valence-electron chi connectivity index (χ1n) is 21.3. The molecular weight excluding hydrogens is 718 g/mol. The van der Waals surface area contributed by atoms with Crippen LogP contribution in [-0.2, 0) is 0 Å². The highest BCUT2D eigenvalue weighted by Crippen LogP contribution is 2.38. The summed E-state index contributed by atoms with van der Waals surface area (Å²) in [6.45, 7) is 5.23. The highest BCUT2D eigenvalue weighted by Gasteiger charge is 2.39. The van der Waals surface area contributed by atoms with Gasteiger partial charge in [-0.2, -0.15) is 0 Å². The summed E-state index contributed by atoms with van der Waals surface area (Å²) < 4.78 is 35.0. The van der Waals surface area contributed by atoms with E-state index in [-0.39, 0.29) is 17.6 Å². The van der Waals surface area contributed by atoms with Crippen molar-refractivity contribution < 1.29 is 17.0 Å². The quantitative estimate of drug-likeness (QED) is 0.156. The van der Waals surface area contributed by atoms with Gasteiger partial charge < -0.3 is 35.0 Å². The molecule has 3 atom stereocenters. The molecule has 11 nitrogen and oxygen atoms in total. The van der Waals surface area contributed by atoms with Gasteiger partial charge in [0, 0.05) is 119 Å². The molecule has 12 heteroatoms. The first-order valence-corrected chi connectivity index (χ1v) is 20.2. The van der Waals surface area contributed by atoms with Gasteiger partial charge in [0.1, 0.15) is 11.4 Å². The molecule has 4 aliphatic heterocycles. The predicted molar refractivity (Wildman–Crippen MR) is 224 cm³/mol. The number of carbonyl (C=O) groups is 1. The average Bonchev–Trinajstić information content (AvgIpc) is 3.86. The summed E-state index contributed by atoms with van der Waals surface area (Å²) in [5, 5.41) is 22.8. The molecule has 3 fully saturated rings. The largest absolute Gasteiger partial charge is 0.507 e. The number of hydrogen-bond donors (Lipinski definition) is 3. The maximum Gasteiger partial charge on any atom is 0.253 e. The lowest BCUT2D eigenvalue weighted by molar-refractivity contribution is 0.0158. The second-order valence-corrected chi connectivity index (χ2v) is 16.2.